The molecule has 1 aromatic heterocycles. The smallest absolute Gasteiger partial charge is 0.178 e. The molecule has 22 heavy (non-hydrogen) atoms. The Kier molecular flexibility index (Phi) is 4.62. The Morgan fingerprint density at radius 3 is 2.50 bits per heavy atom. The Morgan fingerprint density at radius 1 is 1.14 bits per heavy atom. The second kappa shape index (κ2) is 6.34. The summed E-state index contributed by atoms with van der Waals surface area (Å²) in [7, 11) is -1.53. The average molecular weight is 321 g/mol. The van der Waals surface area contributed by atoms with Crippen LogP contribution in [0.1, 0.15) is 50.2 Å². The summed E-state index contributed by atoms with van der Waals surface area (Å²) in [5.74, 6) is 0.519. The number of rotatable bonds is 3. The SMILES string of the molecule is C[Si](C)(C)c1occc1C1CC=C(C2CCCCC2)C(O)O1. The first-order chi connectivity index (χ1) is 10.5. The fourth-order valence-electron chi connectivity index (χ4n) is 3.82. The van der Waals surface area contributed by atoms with Gasteiger partial charge in [0.05, 0.1) is 17.8 Å². The number of aliphatic hydroxyl groups excluding tert-OH is 1. The lowest BCUT2D eigenvalue weighted by Gasteiger charge is -2.34. The number of furan rings is 1. The van der Waals surface area contributed by atoms with Gasteiger partial charge in [0.2, 0.25) is 0 Å². The van der Waals surface area contributed by atoms with Crippen LogP contribution in [-0.4, -0.2) is 19.5 Å². The number of hydrogen-bond donors (Lipinski definition) is 1. The molecule has 3 nitrogen and oxygen atoms in total. The molecule has 0 amide bonds. The predicted molar refractivity (Wildman–Crippen MR) is 90.8 cm³/mol. The summed E-state index contributed by atoms with van der Waals surface area (Å²) < 4.78 is 11.7. The molecule has 1 aliphatic heterocycles. The summed E-state index contributed by atoms with van der Waals surface area (Å²) in [4.78, 5) is 0. The van der Waals surface area contributed by atoms with E-state index >= 15 is 0 Å². The van der Waals surface area contributed by atoms with Crippen molar-refractivity contribution in [3.63, 3.8) is 0 Å². The van der Waals surface area contributed by atoms with Gasteiger partial charge in [-0.2, -0.15) is 0 Å². The Balaban J connectivity index is 1.77. The van der Waals surface area contributed by atoms with Crippen molar-refractivity contribution in [1.82, 2.24) is 0 Å². The molecule has 1 saturated carbocycles. The largest absolute Gasteiger partial charge is 0.474 e. The molecule has 122 valence electrons. The van der Waals surface area contributed by atoms with Crippen LogP contribution in [0.3, 0.4) is 0 Å². The van der Waals surface area contributed by atoms with Gasteiger partial charge in [-0.25, -0.2) is 0 Å². The molecule has 1 aliphatic carbocycles. The fourth-order valence-corrected chi connectivity index (χ4v) is 5.35. The summed E-state index contributed by atoms with van der Waals surface area (Å²) in [6, 6.07) is 2.02. The van der Waals surface area contributed by atoms with E-state index in [-0.39, 0.29) is 6.10 Å². The second-order valence-electron chi connectivity index (χ2n) is 7.71. The van der Waals surface area contributed by atoms with E-state index in [1.807, 2.05) is 6.07 Å². The third-order valence-electron chi connectivity index (χ3n) is 4.95. The molecule has 0 bridgehead atoms. The maximum Gasteiger partial charge on any atom is 0.178 e. The number of ether oxygens (including phenoxy) is 1. The quantitative estimate of drug-likeness (QED) is 0.673. The monoisotopic (exact) mass is 320 g/mol. The molecular weight excluding hydrogens is 292 g/mol. The molecule has 2 unspecified atom stereocenters. The Labute approximate surface area is 134 Å². The minimum Gasteiger partial charge on any atom is -0.474 e. The van der Waals surface area contributed by atoms with Gasteiger partial charge in [-0.15, -0.1) is 0 Å². The van der Waals surface area contributed by atoms with Gasteiger partial charge in [0, 0.05) is 5.56 Å². The van der Waals surface area contributed by atoms with Crippen LogP contribution in [0.2, 0.25) is 19.6 Å². The van der Waals surface area contributed by atoms with Crippen LogP contribution in [0.4, 0.5) is 0 Å². The van der Waals surface area contributed by atoms with Crippen molar-refractivity contribution < 1.29 is 14.3 Å². The lowest BCUT2D eigenvalue weighted by molar-refractivity contribution is -0.126. The van der Waals surface area contributed by atoms with E-state index in [4.69, 9.17) is 9.15 Å². The van der Waals surface area contributed by atoms with Gasteiger partial charge in [0.15, 0.2) is 6.29 Å². The molecule has 1 fully saturated rings. The average Bonchev–Trinajstić information content (AvgIpc) is 2.97. The van der Waals surface area contributed by atoms with Crippen LogP contribution in [-0.2, 0) is 4.74 Å². The fraction of sp³-hybridized carbons (Fsp3) is 0.667. The van der Waals surface area contributed by atoms with Crippen molar-refractivity contribution in [1.29, 1.82) is 0 Å². The summed E-state index contributed by atoms with van der Waals surface area (Å²) in [6.45, 7) is 6.83. The van der Waals surface area contributed by atoms with E-state index in [2.05, 4.69) is 25.7 Å². The van der Waals surface area contributed by atoms with Crippen LogP contribution in [0.5, 0.6) is 0 Å². The maximum absolute atomic E-state index is 10.5. The zero-order valence-electron chi connectivity index (χ0n) is 14.0. The van der Waals surface area contributed by atoms with Gasteiger partial charge in [-0.05, 0) is 36.8 Å². The van der Waals surface area contributed by atoms with E-state index in [9.17, 15) is 5.11 Å². The molecule has 2 heterocycles. The van der Waals surface area contributed by atoms with E-state index in [0.717, 1.165) is 22.9 Å². The highest BCUT2D eigenvalue weighted by Crippen LogP contribution is 2.38. The van der Waals surface area contributed by atoms with E-state index in [1.54, 1.807) is 6.26 Å². The second-order valence-corrected chi connectivity index (χ2v) is 12.7. The van der Waals surface area contributed by atoms with Crippen molar-refractivity contribution in [2.75, 3.05) is 0 Å². The predicted octanol–water partition coefficient (Wildman–Crippen LogP) is 4.11. The molecule has 0 spiro atoms. The maximum atomic E-state index is 10.5. The Morgan fingerprint density at radius 2 is 1.86 bits per heavy atom. The highest BCUT2D eigenvalue weighted by molar-refractivity contribution is 6.88. The summed E-state index contributed by atoms with van der Waals surface area (Å²) in [5.41, 5.74) is 2.26. The first-order valence-corrected chi connectivity index (χ1v) is 12.1. The zero-order chi connectivity index (χ0) is 15.7. The third-order valence-corrected chi connectivity index (χ3v) is 6.72. The summed E-state index contributed by atoms with van der Waals surface area (Å²) in [5, 5.41) is 11.6. The molecule has 4 heteroatoms. The van der Waals surface area contributed by atoms with Gasteiger partial charge in [-0.3, -0.25) is 0 Å². The van der Waals surface area contributed by atoms with Gasteiger partial charge in [0.1, 0.15) is 8.07 Å². The Bertz CT molecular complexity index is 535. The minimum absolute atomic E-state index is 0.0668. The van der Waals surface area contributed by atoms with Crippen molar-refractivity contribution in [3.05, 3.63) is 29.5 Å². The topological polar surface area (TPSA) is 42.6 Å². The van der Waals surface area contributed by atoms with Gasteiger partial charge >= 0.3 is 0 Å². The minimum atomic E-state index is -1.53. The summed E-state index contributed by atoms with van der Waals surface area (Å²) in [6.07, 6.45) is 10.3. The molecule has 1 aromatic rings. The van der Waals surface area contributed by atoms with E-state index in [1.165, 1.54) is 32.1 Å². The molecular formula is C18H28O3Si. The number of aliphatic hydroxyl groups is 1. The molecule has 0 radical (unpaired) electrons. The van der Waals surface area contributed by atoms with Crippen LogP contribution in [0, 0.1) is 5.92 Å². The Hall–Kier alpha value is -0.843. The van der Waals surface area contributed by atoms with E-state index < -0.39 is 14.4 Å². The van der Waals surface area contributed by atoms with E-state index in [0.29, 0.717) is 5.92 Å². The zero-order valence-corrected chi connectivity index (χ0v) is 15.0. The van der Waals surface area contributed by atoms with Crippen LogP contribution < -0.4 is 5.38 Å². The lowest BCUT2D eigenvalue weighted by Crippen LogP contribution is -2.40. The van der Waals surface area contributed by atoms with Gasteiger partial charge < -0.3 is 14.3 Å². The van der Waals surface area contributed by atoms with Crippen molar-refractivity contribution >= 4 is 13.5 Å². The molecule has 2 aliphatic rings. The van der Waals surface area contributed by atoms with Crippen LogP contribution in [0.25, 0.3) is 0 Å². The molecule has 2 atom stereocenters. The first-order valence-electron chi connectivity index (χ1n) is 8.58. The van der Waals surface area contributed by atoms with Crippen molar-refractivity contribution in [2.45, 2.75) is 70.6 Å². The molecule has 0 aromatic carbocycles. The lowest BCUT2D eigenvalue weighted by atomic mass is 9.82. The van der Waals surface area contributed by atoms with Crippen molar-refractivity contribution in [3.8, 4) is 0 Å². The van der Waals surface area contributed by atoms with Gasteiger partial charge in [-0.1, -0.05) is 45.0 Å². The van der Waals surface area contributed by atoms with Crippen LogP contribution >= 0.6 is 0 Å². The first kappa shape index (κ1) is 16.0. The highest BCUT2D eigenvalue weighted by atomic mass is 28.3. The summed E-state index contributed by atoms with van der Waals surface area (Å²) >= 11 is 0. The molecule has 1 N–H and O–H groups in total. The van der Waals surface area contributed by atoms with Crippen molar-refractivity contribution in [2.24, 2.45) is 5.92 Å². The van der Waals surface area contributed by atoms with Crippen LogP contribution in [0.15, 0.2) is 28.4 Å². The highest BCUT2D eigenvalue weighted by Gasteiger charge is 2.33. The van der Waals surface area contributed by atoms with Gasteiger partial charge in [0.25, 0.3) is 0 Å². The molecule has 3 rings (SSSR count). The molecule has 0 saturated heterocycles. The number of hydrogen-bond acceptors (Lipinski definition) is 3. The standard InChI is InChI=1S/C18H28O3Si/c1-22(2,3)18-15(11-12-20-18)16-10-9-14(17(19)21-16)13-7-5-4-6-8-13/h9,11-13,16-17,19H,4-8,10H2,1-3H3. The third kappa shape index (κ3) is 3.24. The normalized spacial score (nSPS) is 27.7.